The van der Waals surface area contributed by atoms with Gasteiger partial charge in [-0.2, -0.15) is 0 Å². The number of ether oxygens (including phenoxy) is 2. The minimum atomic E-state index is 0.315. The highest BCUT2D eigenvalue weighted by molar-refractivity contribution is 5.36. The van der Waals surface area contributed by atoms with Crippen LogP contribution in [-0.4, -0.2) is 19.3 Å². The van der Waals surface area contributed by atoms with Crippen molar-refractivity contribution in [2.45, 2.75) is 44.9 Å². The Morgan fingerprint density at radius 1 is 1.35 bits per heavy atom. The van der Waals surface area contributed by atoms with Gasteiger partial charge in [0.15, 0.2) is 0 Å². The maximum absolute atomic E-state index is 5.90. The minimum Gasteiger partial charge on any atom is -0.496 e. The summed E-state index contributed by atoms with van der Waals surface area (Å²) >= 11 is 0. The highest BCUT2D eigenvalue weighted by atomic mass is 16.5. The number of nitrogens with two attached hydrogens (primary N) is 1. The van der Waals surface area contributed by atoms with Crippen LogP contribution < -0.4 is 10.5 Å². The molecular weight excluding hydrogens is 214 g/mol. The summed E-state index contributed by atoms with van der Waals surface area (Å²) in [5.74, 6) is 0.901. The second-order valence-electron chi connectivity index (χ2n) is 4.82. The number of methoxy groups -OCH3 is 1. The minimum absolute atomic E-state index is 0.315. The van der Waals surface area contributed by atoms with Crippen LogP contribution in [0.3, 0.4) is 0 Å². The maximum atomic E-state index is 5.90. The third-order valence-corrected chi connectivity index (χ3v) is 3.34. The van der Waals surface area contributed by atoms with E-state index in [0.29, 0.717) is 18.8 Å². The number of rotatable bonds is 4. The van der Waals surface area contributed by atoms with E-state index in [4.69, 9.17) is 15.2 Å². The summed E-state index contributed by atoms with van der Waals surface area (Å²) in [5, 5.41) is 0. The first-order chi connectivity index (χ1) is 8.19. The van der Waals surface area contributed by atoms with Gasteiger partial charge < -0.3 is 15.2 Å². The van der Waals surface area contributed by atoms with Crippen molar-refractivity contribution in [2.75, 3.05) is 7.11 Å². The van der Waals surface area contributed by atoms with Crippen molar-refractivity contribution in [1.29, 1.82) is 0 Å². The summed E-state index contributed by atoms with van der Waals surface area (Å²) in [7, 11) is 1.69. The fourth-order valence-electron chi connectivity index (χ4n) is 2.35. The third kappa shape index (κ3) is 3.20. The van der Waals surface area contributed by atoms with Gasteiger partial charge in [0.25, 0.3) is 0 Å². The van der Waals surface area contributed by atoms with Crippen molar-refractivity contribution in [3.63, 3.8) is 0 Å². The van der Waals surface area contributed by atoms with Crippen LogP contribution in [0.15, 0.2) is 18.2 Å². The Morgan fingerprint density at radius 2 is 2.18 bits per heavy atom. The third-order valence-electron chi connectivity index (χ3n) is 3.34. The van der Waals surface area contributed by atoms with Crippen LogP contribution in [0.2, 0.25) is 0 Å². The predicted octanol–water partition coefficient (Wildman–Crippen LogP) is 2.40. The molecular formula is C14H21NO2. The number of aryl methyl sites for hydroxylation is 1. The highest BCUT2D eigenvalue weighted by Crippen LogP contribution is 2.25. The average Bonchev–Trinajstić information content (AvgIpc) is 2.73. The number of hydrogen-bond acceptors (Lipinski definition) is 3. The molecule has 1 fully saturated rings. The van der Waals surface area contributed by atoms with E-state index in [1.54, 1.807) is 7.11 Å². The molecule has 1 saturated carbocycles. The Balaban J connectivity index is 1.96. The van der Waals surface area contributed by atoms with Gasteiger partial charge in [-0.05, 0) is 32.3 Å². The van der Waals surface area contributed by atoms with Gasteiger partial charge in [-0.25, -0.2) is 0 Å². The van der Waals surface area contributed by atoms with Crippen LogP contribution >= 0.6 is 0 Å². The van der Waals surface area contributed by atoms with Gasteiger partial charge in [0.1, 0.15) is 5.75 Å². The Hall–Kier alpha value is -1.06. The van der Waals surface area contributed by atoms with Gasteiger partial charge >= 0.3 is 0 Å². The van der Waals surface area contributed by atoms with Gasteiger partial charge in [0, 0.05) is 11.6 Å². The molecule has 1 aliphatic rings. The lowest BCUT2D eigenvalue weighted by Crippen LogP contribution is -2.17. The van der Waals surface area contributed by atoms with E-state index in [-0.39, 0.29) is 0 Å². The molecule has 0 aromatic heterocycles. The lowest BCUT2D eigenvalue weighted by molar-refractivity contribution is 0.0437. The van der Waals surface area contributed by atoms with Crippen molar-refractivity contribution in [3.8, 4) is 5.75 Å². The van der Waals surface area contributed by atoms with Gasteiger partial charge in [0.05, 0.1) is 19.8 Å². The molecule has 3 heteroatoms. The SMILES string of the molecule is COc1ccc(C)cc1COC1CCC(N)C1. The van der Waals surface area contributed by atoms with Gasteiger partial charge in [0.2, 0.25) is 0 Å². The van der Waals surface area contributed by atoms with E-state index < -0.39 is 0 Å². The van der Waals surface area contributed by atoms with E-state index in [1.165, 1.54) is 5.56 Å². The first-order valence-corrected chi connectivity index (χ1v) is 6.19. The van der Waals surface area contributed by atoms with Crippen LogP contribution in [-0.2, 0) is 11.3 Å². The smallest absolute Gasteiger partial charge is 0.124 e. The average molecular weight is 235 g/mol. The van der Waals surface area contributed by atoms with Crippen LogP contribution in [0.4, 0.5) is 0 Å². The molecule has 0 bridgehead atoms. The second kappa shape index (κ2) is 5.52. The molecule has 2 N–H and O–H groups in total. The Bertz CT molecular complexity index is 378. The molecule has 94 valence electrons. The molecule has 0 amide bonds. The lowest BCUT2D eigenvalue weighted by atomic mass is 10.1. The van der Waals surface area contributed by atoms with Crippen molar-refractivity contribution < 1.29 is 9.47 Å². The fraction of sp³-hybridized carbons (Fsp3) is 0.571. The summed E-state index contributed by atoms with van der Waals surface area (Å²) in [6.45, 7) is 2.69. The molecule has 0 spiro atoms. The molecule has 1 aliphatic carbocycles. The van der Waals surface area contributed by atoms with Crippen molar-refractivity contribution >= 4 is 0 Å². The lowest BCUT2D eigenvalue weighted by Gasteiger charge is -2.14. The van der Waals surface area contributed by atoms with Gasteiger partial charge in [-0.3, -0.25) is 0 Å². The second-order valence-corrected chi connectivity index (χ2v) is 4.82. The molecule has 1 aromatic carbocycles. The molecule has 1 aromatic rings. The zero-order chi connectivity index (χ0) is 12.3. The molecule has 0 heterocycles. The van der Waals surface area contributed by atoms with Crippen molar-refractivity contribution in [2.24, 2.45) is 5.73 Å². The topological polar surface area (TPSA) is 44.5 Å². The van der Waals surface area contributed by atoms with E-state index >= 15 is 0 Å². The first-order valence-electron chi connectivity index (χ1n) is 6.19. The Morgan fingerprint density at radius 3 is 2.82 bits per heavy atom. The Labute approximate surface area is 103 Å². The van der Waals surface area contributed by atoms with E-state index in [2.05, 4.69) is 13.0 Å². The predicted molar refractivity (Wildman–Crippen MR) is 68.1 cm³/mol. The highest BCUT2D eigenvalue weighted by Gasteiger charge is 2.22. The molecule has 17 heavy (non-hydrogen) atoms. The standard InChI is InChI=1S/C14H21NO2/c1-10-3-6-14(16-2)11(7-10)9-17-13-5-4-12(15)8-13/h3,6-7,12-13H,4-5,8-9,15H2,1-2H3. The fourth-order valence-corrected chi connectivity index (χ4v) is 2.35. The summed E-state index contributed by atoms with van der Waals surface area (Å²) < 4.78 is 11.2. The summed E-state index contributed by atoms with van der Waals surface area (Å²) in [6.07, 6.45) is 3.45. The van der Waals surface area contributed by atoms with E-state index in [9.17, 15) is 0 Å². The summed E-state index contributed by atoms with van der Waals surface area (Å²) in [5.41, 5.74) is 8.22. The maximum Gasteiger partial charge on any atom is 0.124 e. The largest absolute Gasteiger partial charge is 0.496 e. The summed E-state index contributed by atoms with van der Waals surface area (Å²) in [4.78, 5) is 0. The number of hydrogen-bond donors (Lipinski definition) is 1. The van der Waals surface area contributed by atoms with E-state index in [1.807, 2.05) is 12.1 Å². The van der Waals surface area contributed by atoms with Crippen LogP contribution in [0, 0.1) is 6.92 Å². The first kappa shape index (κ1) is 12.4. The van der Waals surface area contributed by atoms with Crippen LogP contribution in [0.5, 0.6) is 5.75 Å². The quantitative estimate of drug-likeness (QED) is 0.871. The van der Waals surface area contributed by atoms with Crippen LogP contribution in [0.25, 0.3) is 0 Å². The molecule has 0 aliphatic heterocycles. The summed E-state index contributed by atoms with van der Waals surface area (Å²) in [6, 6.07) is 6.48. The molecule has 2 unspecified atom stereocenters. The normalized spacial score (nSPS) is 23.9. The van der Waals surface area contributed by atoms with E-state index in [0.717, 1.165) is 30.6 Å². The molecule has 0 saturated heterocycles. The zero-order valence-electron chi connectivity index (χ0n) is 10.6. The number of benzene rings is 1. The van der Waals surface area contributed by atoms with Gasteiger partial charge in [-0.15, -0.1) is 0 Å². The van der Waals surface area contributed by atoms with Crippen molar-refractivity contribution in [3.05, 3.63) is 29.3 Å². The molecule has 2 atom stereocenters. The zero-order valence-corrected chi connectivity index (χ0v) is 10.6. The molecule has 2 rings (SSSR count). The van der Waals surface area contributed by atoms with Gasteiger partial charge in [-0.1, -0.05) is 17.7 Å². The van der Waals surface area contributed by atoms with Crippen molar-refractivity contribution in [1.82, 2.24) is 0 Å². The molecule has 0 radical (unpaired) electrons. The molecule has 3 nitrogen and oxygen atoms in total. The monoisotopic (exact) mass is 235 g/mol. The van der Waals surface area contributed by atoms with Crippen LogP contribution in [0.1, 0.15) is 30.4 Å². The Kier molecular flexibility index (Phi) is 4.02.